The standard InChI is InChI=1S/C24H30N4O3S/c1-17(2)15-28-23(18(3)31-21-12-8-11-20(13-21)30-4)26-27-24(28)32-16-22(29)25-14-19-9-6-5-7-10-19/h5-13,17-18H,14-16H2,1-4H3,(H,25,29). The number of rotatable bonds is 11. The van der Waals surface area contributed by atoms with E-state index in [1.165, 1.54) is 11.8 Å². The van der Waals surface area contributed by atoms with Gasteiger partial charge < -0.3 is 19.4 Å². The highest BCUT2D eigenvalue weighted by Gasteiger charge is 2.21. The van der Waals surface area contributed by atoms with Gasteiger partial charge in [-0.3, -0.25) is 4.79 Å². The average Bonchev–Trinajstić information content (AvgIpc) is 3.19. The first-order chi connectivity index (χ1) is 15.5. The number of thioether (sulfide) groups is 1. The Kier molecular flexibility index (Phi) is 8.56. The molecule has 3 rings (SSSR count). The Morgan fingerprint density at radius 1 is 1.06 bits per heavy atom. The number of aromatic nitrogens is 3. The molecule has 0 bridgehead atoms. The van der Waals surface area contributed by atoms with Crippen molar-refractivity contribution in [2.45, 2.75) is 45.1 Å². The van der Waals surface area contributed by atoms with E-state index >= 15 is 0 Å². The third-order valence-corrected chi connectivity index (χ3v) is 5.64. The number of hydrogen-bond donors (Lipinski definition) is 1. The lowest BCUT2D eigenvalue weighted by molar-refractivity contribution is -0.118. The molecule has 2 aromatic carbocycles. The van der Waals surface area contributed by atoms with E-state index in [1.807, 2.05) is 66.1 Å². The van der Waals surface area contributed by atoms with Gasteiger partial charge >= 0.3 is 0 Å². The highest BCUT2D eigenvalue weighted by Crippen LogP contribution is 2.27. The number of carbonyl (C=O) groups excluding carboxylic acids is 1. The summed E-state index contributed by atoms with van der Waals surface area (Å²) >= 11 is 1.38. The van der Waals surface area contributed by atoms with Crippen LogP contribution in [0.25, 0.3) is 0 Å². The molecule has 0 saturated carbocycles. The van der Waals surface area contributed by atoms with Crippen LogP contribution >= 0.6 is 11.8 Å². The summed E-state index contributed by atoms with van der Waals surface area (Å²) in [7, 11) is 1.63. The Morgan fingerprint density at radius 3 is 2.53 bits per heavy atom. The summed E-state index contributed by atoms with van der Waals surface area (Å²) in [6, 6.07) is 17.3. The van der Waals surface area contributed by atoms with Crippen molar-refractivity contribution in [3.63, 3.8) is 0 Å². The first-order valence-electron chi connectivity index (χ1n) is 10.6. The molecule has 1 atom stereocenters. The molecular weight excluding hydrogens is 424 g/mol. The lowest BCUT2D eigenvalue weighted by Gasteiger charge is -2.18. The van der Waals surface area contributed by atoms with Crippen LogP contribution in [0.2, 0.25) is 0 Å². The second kappa shape index (κ2) is 11.6. The zero-order chi connectivity index (χ0) is 22.9. The second-order valence-corrected chi connectivity index (χ2v) is 8.78. The molecule has 0 aliphatic carbocycles. The minimum Gasteiger partial charge on any atom is -0.497 e. The summed E-state index contributed by atoms with van der Waals surface area (Å²) in [6.07, 6.45) is -0.311. The predicted molar refractivity (Wildman–Crippen MR) is 126 cm³/mol. The van der Waals surface area contributed by atoms with Crippen LogP contribution < -0.4 is 14.8 Å². The summed E-state index contributed by atoms with van der Waals surface area (Å²) in [6.45, 7) is 7.47. The van der Waals surface area contributed by atoms with Crippen molar-refractivity contribution in [3.05, 3.63) is 66.0 Å². The Bertz CT molecular complexity index is 1010. The molecule has 1 amide bonds. The molecule has 1 N–H and O–H groups in total. The van der Waals surface area contributed by atoms with Crippen LogP contribution in [-0.2, 0) is 17.9 Å². The van der Waals surface area contributed by atoms with Crippen LogP contribution in [0, 0.1) is 5.92 Å². The smallest absolute Gasteiger partial charge is 0.230 e. The third-order valence-electron chi connectivity index (χ3n) is 4.68. The second-order valence-electron chi connectivity index (χ2n) is 7.84. The van der Waals surface area contributed by atoms with Gasteiger partial charge in [0.05, 0.1) is 12.9 Å². The molecule has 3 aromatic rings. The maximum Gasteiger partial charge on any atom is 0.230 e. The number of ether oxygens (including phenoxy) is 2. The number of hydrogen-bond acceptors (Lipinski definition) is 6. The summed E-state index contributed by atoms with van der Waals surface area (Å²) < 4.78 is 13.4. The molecule has 1 aromatic heterocycles. The Hall–Kier alpha value is -3.00. The Labute approximate surface area is 193 Å². The van der Waals surface area contributed by atoms with E-state index in [2.05, 4.69) is 29.4 Å². The first kappa shape index (κ1) is 23.7. The van der Waals surface area contributed by atoms with Gasteiger partial charge in [-0.25, -0.2) is 0 Å². The summed E-state index contributed by atoms with van der Waals surface area (Å²) in [5, 5.41) is 12.4. The average molecular weight is 455 g/mol. The number of carbonyl (C=O) groups is 1. The summed E-state index contributed by atoms with van der Waals surface area (Å²) in [4.78, 5) is 12.3. The lowest BCUT2D eigenvalue weighted by Crippen LogP contribution is -2.24. The molecule has 170 valence electrons. The Balaban J connectivity index is 1.65. The maximum atomic E-state index is 12.3. The van der Waals surface area contributed by atoms with Gasteiger partial charge in [0.15, 0.2) is 17.1 Å². The normalized spacial score (nSPS) is 11.9. The molecule has 0 radical (unpaired) electrons. The summed E-state index contributed by atoms with van der Waals surface area (Å²) in [5.41, 5.74) is 1.07. The zero-order valence-electron chi connectivity index (χ0n) is 18.9. The van der Waals surface area contributed by atoms with E-state index in [0.29, 0.717) is 23.4 Å². The zero-order valence-corrected chi connectivity index (χ0v) is 19.8. The fraction of sp³-hybridized carbons (Fsp3) is 0.375. The minimum absolute atomic E-state index is 0.0415. The van der Waals surface area contributed by atoms with Crippen molar-refractivity contribution >= 4 is 17.7 Å². The van der Waals surface area contributed by atoms with E-state index < -0.39 is 0 Å². The molecule has 32 heavy (non-hydrogen) atoms. The van der Waals surface area contributed by atoms with Gasteiger partial charge in [-0.15, -0.1) is 10.2 Å². The predicted octanol–water partition coefficient (Wildman–Crippen LogP) is 4.49. The van der Waals surface area contributed by atoms with E-state index in [0.717, 1.165) is 23.7 Å². The first-order valence-corrected chi connectivity index (χ1v) is 11.6. The lowest BCUT2D eigenvalue weighted by atomic mass is 10.2. The third kappa shape index (κ3) is 6.75. The van der Waals surface area contributed by atoms with E-state index in [9.17, 15) is 4.79 Å². The number of methoxy groups -OCH3 is 1. The SMILES string of the molecule is COc1cccc(OC(C)c2nnc(SCC(=O)NCc3ccccc3)n2CC(C)C)c1. The van der Waals surface area contributed by atoms with Gasteiger partial charge in [0.25, 0.3) is 0 Å². The van der Waals surface area contributed by atoms with Gasteiger partial charge in [0.2, 0.25) is 5.91 Å². The number of nitrogens with zero attached hydrogens (tertiary/aromatic N) is 3. The largest absolute Gasteiger partial charge is 0.497 e. The van der Waals surface area contributed by atoms with E-state index in [4.69, 9.17) is 9.47 Å². The van der Waals surface area contributed by atoms with Gasteiger partial charge in [0.1, 0.15) is 11.5 Å². The molecule has 8 heteroatoms. The van der Waals surface area contributed by atoms with Crippen molar-refractivity contribution in [3.8, 4) is 11.5 Å². The van der Waals surface area contributed by atoms with Gasteiger partial charge in [-0.2, -0.15) is 0 Å². The van der Waals surface area contributed by atoms with Crippen molar-refractivity contribution < 1.29 is 14.3 Å². The number of benzene rings is 2. The van der Waals surface area contributed by atoms with Gasteiger partial charge in [-0.1, -0.05) is 62.0 Å². The van der Waals surface area contributed by atoms with Crippen molar-refractivity contribution in [2.24, 2.45) is 5.92 Å². The molecule has 0 aliphatic rings. The molecule has 1 unspecified atom stereocenters. The molecular formula is C24H30N4O3S. The molecule has 1 heterocycles. The van der Waals surface area contributed by atoms with Crippen LogP contribution in [0.4, 0.5) is 0 Å². The van der Waals surface area contributed by atoms with Crippen LogP contribution in [-0.4, -0.2) is 33.5 Å². The minimum atomic E-state index is -0.311. The van der Waals surface area contributed by atoms with Crippen molar-refractivity contribution in [1.82, 2.24) is 20.1 Å². The Morgan fingerprint density at radius 2 is 1.81 bits per heavy atom. The fourth-order valence-electron chi connectivity index (χ4n) is 3.15. The van der Waals surface area contributed by atoms with Gasteiger partial charge in [-0.05, 0) is 30.5 Å². The highest BCUT2D eigenvalue weighted by atomic mass is 32.2. The number of amides is 1. The molecule has 0 aliphatic heterocycles. The van der Waals surface area contributed by atoms with Crippen LogP contribution in [0.3, 0.4) is 0 Å². The molecule has 0 saturated heterocycles. The van der Waals surface area contributed by atoms with Crippen LogP contribution in [0.5, 0.6) is 11.5 Å². The van der Waals surface area contributed by atoms with Crippen LogP contribution in [0.1, 0.15) is 38.3 Å². The van der Waals surface area contributed by atoms with Gasteiger partial charge in [0, 0.05) is 19.2 Å². The van der Waals surface area contributed by atoms with Crippen LogP contribution in [0.15, 0.2) is 59.8 Å². The topological polar surface area (TPSA) is 78.3 Å². The maximum absolute atomic E-state index is 12.3. The van der Waals surface area contributed by atoms with E-state index in [-0.39, 0.29) is 17.8 Å². The monoisotopic (exact) mass is 454 g/mol. The highest BCUT2D eigenvalue weighted by molar-refractivity contribution is 7.99. The summed E-state index contributed by atoms with van der Waals surface area (Å²) in [5.74, 6) is 2.78. The quantitative estimate of drug-likeness (QED) is 0.430. The fourth-order valence-corrected chi connectivity index (χ4v) is 3.94. The molecule has 0 spiro atoms. The van der Waals surface area contributed by atoms with E-state index in [1.54, 1.807) is 7.11 Å². The number of nitrogens with one attached hydrogen (secondary N) is 1. The molecule has 7 nitrogen and oxygen atoms in total. The molecule has 0 fully saturated rings. The van der Waals surface area contributed by atoms with Crippen molar-refractivity contribution in [2.75, 3.05) is 12.9 Å². The van der Waals surface area contributed by atoms with Crippen molar-refractivity contribution in [1.29, 1.82) is 0 Å².